The molecule has 0 fully saturated rings. The molecule has 1 unspecified atom stereocenters. The van der Waals surface area contributed by atoms with E-state index in [1.54, 1.807) is 6.92 Å². The normalized spacial score (nSPS) is 18.1. The summed E-state index contributed by atoms with van der Waals surface area (Å²) in [5.41, 5.74) is -0.533. The van der Waals surface area contributed by atoms with Gasteiger partial charge >= 0.3 is 5.97 Å². The molecule has 0 aliphatic heterocycles. The van der Waals surface area contributed by atoms with Crippen molar-refractivity contribution in [2.75, 3.05) is 0 Å². The summed E-state index contributed by atoms with van der Waals surface area (Å²) in [5.74, 6) is 0.515. The van der Waals surface area contributed by atoms with Gasteiger partial charge in [-0.05, 0) is 18.8 Å². The minimum absolute atomic E-state index is 0.0822. The molecule has 0 aromatic heterocycles. The number of ether oxygens (including phenoxy) is 1. The minimum atomic E-state index is -0.533. The van der Waals surface area contributed by atoms with Crippen LogP contribution in [0.25, 0.3) is 0 Å². The van der Waals surface area contributed by atoms with E-state index in [1.807, 2.05) is 6.92 Å². The van der Waals surface area contributed by atoms with Crippen LogP contribution < -0.4 is 0 Å². The highest BCUT2D eigenvalue weighted by Crippen LogP contribution is 2.21. The highest BCUT2D eigenvalue weighted by atomic mass is 35.5. The molecular formula is C10H19ClO2. The Hall–Kier alpha value is -0.240. The van der Waals surface area contributed by atoms with Crippen LogP contribution in [0.1, 0.15) is 34.6 Å². The fourth-order valence-electron chi connectivity index (χ4n) is 1.06. The zero-order chi connectivity index (χ0) is 10.6. The van der Waals surface area contributed by atoms with E-state index in [9.17, 15) is 4.79 Å². The lowest BCUT2D eigenvalue weighted by Gasteiger charge is -2.22. The Morgan fingerprint density at radius 2 is 1.62 bits per heavy atom. The number of rotatable bonds is 4. The van der Waals surface area contributed by atoms with E-state index in [0.717, 1.165) is 0 Å². The van der Waals surface area contributed by atoms with Gasteiger partial charge in [-0.3, -0.25) is 4.79 Å². The fourth-order valence-corrected chi connectivity index (χ4v) is 1.15. The average molecular weight is 207 g/mol. The molecule has 0 spiro atoms. The first kappa shape index (κ1) is 12.8. The van der Waals surface area contributed by atoms with E-state index in [2.05, 4.69) is 20.8 Å². The summed E-state index contributed by atoms with van der Waals surface area (Å²) < 4.78 is 4.91. The highest BCUT2D eigenvalue weighted by Gasteiger charge is 2.24. The van der Waals surface area contributed by atoms with Gasteiger partial charge < -0.3 is 4.74 Å². The number of esters is 1. The Labute approximate surface area is 85.6 Å². The summed E-state index contributed by atoms with van der Waals surface area (Å²) in [7, 11) is 0. The molecule has 2 nitrogen and oxygen atoms in total. The molecule has 0 radical (unpaired) electrons. The number of carbonyl (C=O) groups excluding carboxylic acids is 1. The van der Waals surface area contributed by atoms with E-state index < -0.39 is 5.56 Å². The number of hydrogen-bond acceptors (Lipinski definition) is 2. The van der Waals surface area contributed by atoms with Crippen molar-refractivity contribution < 1.29 is 9.53 Å². The molecule has 3 atom stereocenters. The Bertz CT molecular complexity index is 166. The molecule has 0 saturated carbocycles. The van der Waals surface area contributed by atoms with Gasteiger partial charge in [0.15, 0.2) is 5.56 Å². The van der Waals surface area contributed by atoms with E-state index in [-0.39, 0.29) is 11.9 Å². The predicted octanol–water partition coefficient (Wildman–Crippen LogP) is 3.04. The molecule has 78 valence electrons. The van der Waals surface area contributed by atoms with Crippen molar-refractivity contribution in [3.63, 3.8) is 0 Å². The second-order valence-corrected chi connectivity index (χ2v) is 4.49. The molecule has 0 bridgehead atoms. The average Bonchev–Trinajstić information content (AvgIpc) is 2.00. The summed E-state index contributed by atoms with van der Waals surface area (Å²) in [6.07, 6.45) is 0. The minimum Gasteiger partial charge on any atom is -0.446 e. The topological polar surface area (TPSA) is 26.3 Å². The van der Waals surface area contributed by atoms with E-state index >= 15 is 0 Å². The van der Waals surface area contributed by atoms with Crippen molar-refractivity contribution in [2.45, 2.75) is 40.2 Å². The quantitative estimate of drug-likeness (QED) is 0.522. The molecule has 0 heterocycles. The molecule has 0 aliphatic rings. The molecule has 0 rings (SSSR count). The molecule has 0 N–H and O–H groups in total. The van der Waals surface area contributed by atoms with Crippen LogP contribution in [0.15, 0.2) is 0 Å². The van der Waals surface area contributed by atoms with E-state index in [0.29, 0.717) is 11.8 Å². The molecule has 3 heteroatoms. The van der Waals surface area contributed by atoms with Crippen molar-refractivity contribution in [3.05, 3.63) is 0 Å². The lowest BCUT2D eigenvalue weighted by molar-refractivity contribution is -0.151. The molecule has 0 amide bonds. The number of halogens is 1. The molecule has 0 aromatic carbocycles. The molecule has 0 aliphatic carbocycles. The van der Waals surface area contributed by atoms with Crippen LogP contribution in [0.2, 0.25) is 0 Å². The fraction of sp³-hybridized carbons (Fsp3) is 0.900. The largest absolute Gasteiger partial charge is 0.446 e. The van der Waals surface area contributed by atoms with Crippen molar-refractivity contribution in [1.82, 2.24) is 0 Å². The van der Waals surface area contributed by atoms with Crippen molar-refractivity contribution in [3.8, 4) is 0 Å². The van der Waals surface area contributed by atoms with Gasteiger partial charge in [0, 0.05) is 0 Å². The van der Waals surface area contributed by atoms with E-state index in [1.165, 1.54) is 0 Å². The third kappa shape index (κ3) is 4.51. The lowest BCUT2D eigenvalue weighted by atomic mass is 9.86. The summed E-state index contributed by atoms with van der Waals surface area (Å²) in [5, 5.41) is 0. The van der Waals surface area contributed by atoms with Crippen LogP contribution >= 0.6 is 11.6 Å². The van der Waals surface area contributed by atoms with Crippen LogP contribution in [0.4, 0.5) is 0 Å². The van der Waals surface area contributed by atoms with Gasteiger partial charge in [-0.25, -0.2) is 0 Å². The maximum Gasteiger partial charge on any atom is 0.310 e. The first-order chi connectivity index (χ1) is 5.86. The number of alkyl halides is 1. The van der Waals surface area contributed by atoms with Gasteiger partial charge in [0.05, 0.1) is 5.92 Å². The predicted molar refractivity (Wildman–Crippen MR) is 54.6 cm³/mol. The third-order valence-electron chi connectivity index (χ3n) is 2.49. The van der Waals surface area contributed by atoms with Gasteiger partial charge in [-0.1, -0.05) is 39.3 Å². The highest BCUT2D eigenvalue weighted by molar-refractivity contribution is 6.19. The second-order valence-electron chi connectivity index (χ2n) is 3.87. The first-order valence-corrected chi connectivity index (χ1v) is 5.14. The number of carbonyl (C=O) groups is 1. The van der Waals surface area contributed by atoms with Gasteiger partial charge in [-0.15, -0.1) is 0 Å². The monoisotopic (exact) mass is 206 g/mol. The van der Waals surface area contributed by atoms with Crippen LogP contribution in [0.5, 0.6) is 0 Å². The zero-order valence-electron chi connectivity index (χ0n) is 9.00. The summed E-state index contributed by atoms with van der Waals surface area (Å²) in [4.78, 5) is 11.4. The zero-order valence-corrected chi connectivity index (χ0v) is 9.76. The van der Waals surface area contributed by atoms with Crippen LogP contribution in [-0.2, 0) is 9.53 Å². The molecule has 0 saturated heterocycles. The SMILES string of the molecule is CC(Cl)OC(=O)[C@@H](C)[C@@H](C)C(C)C. The molecular weight excluding hydrogens is 188 g/mol. The van der Waals surface area contributed by atoms with Crippen LogP contribution in [-0.4, -0.2) is 11.5 Å². The third-order valence-corrected chi connectivity index (χ3v) is 2.58. The smallest absolute Gasteiger partial charge is 0.310 e. The Morgan fingerprint density at radius 1 is 1.15 bits per heavy atom. The molecule has 13 heavy (non-hydrogen) atoms. The van der Waals surface area contributed by atoms with Gasteiger partial charge in [0.1, 0.15) is 0 Å². The van der Waals surface area contributed by atoms with Crippen LogP contribution in [0, 0.1) is 17.8 Å². The van der Waals surface area contributed by atoms with Crippen molar-refractivity contribution in [1.29, 1.82) is 0 Å². The van der Waals surface area contributed by atoms with Gasteiger partial charge in [-0.2, -0.15) is 0 Å². The summed E-state index contributed by atoms with van der Waals surface area (Å²) in [6, 6.07) is 0. The first-order valence-electron chi connectivity index (χ1n) is 4.70. The van der Waals surface area contributed by atoms with Gasteiger partial charge in [0.25, 0.3) is 0 Å². The Kier molecular flexibility index (Phi) is 5.38. The van der Waals surface area contributed by atoms with Gasteiger partial charge in [0.2, 0.25) is 0 Å². The Balaban J connectivity index is 4.09. The lowest BCUT2D eigenvalue weighted by Crippen LogP contribution is -2.26. The van der Waals surface area contributed by atoms with Crippen LogP contribution in [0.3, 0.4) is 0 Å². The standard InChI is InChI=1S/C10H19ClO2/c1-6(2)7(3)8(4)10(12)13-9(5)11/h6-9H,1-5H3/t7-,8-,9?/m0/s1. The van der Waals surface area contributed by atoms with Crippen molar-refractivity contribution >= 4 is 17.6 Å². The van der Waals surface area contributed by atoms with Crippen molar-refractivity contribution in [2.24, 2.45) is 17.8 Å². The second kappa shape index (κ2) is 5.48. The summed E-state index contributed by atoms with van der Waals surface area (Å²) >= 11 is 5.56. The maximum atomic E-state index is 11.4. The maximum absolute atomic E-state index is 11.4. The molecule has 0 aromatic rings. The number of hydrogen-bond donors (Lipinski definition) is 0. The summed E-state index contributed by atoms with van der Waals surface area (Å²) in [6.45, 7) is 9.77. The Morgan fingerprint density at radius 3 is 1.92 bits per heavy atom. The van der Waals surface area contributed by atoms with E-state index in [4.69, 9.17) is 16.3 Å².